The van der Waals surface area contributed by atoms with Crippen LogP contribution < -0.4 is 5.32 Å². The molecule has 0 aromatic rings. The van der Waals surface area contributed by atoms with Gasteiger partial charge in [0.1, 0.15) is 0 Å². The Hall–Kier alpha value is -0.550. The molecule has 0 radical (unpaired) electrons. The van der Waals surface area contributed by atoms with Gasteiger partial charge in [0.15, 0.2) is 0 Å². The quantitative estimate of drug-likeness (QED) is 0.673. The Labute approximate surface area is 81.3 Å². The fraction of sp³-hybridized carbons (Fsp3) is 0.909. The van der Waals surface area contributed by atoms with E-state index in [-0.39, 0.29) is 0 Å². The van der Waals surface area contributed by atoms with Gasteiger partial charge in [0.25, 0.3) is 0 Å². The molecule has 0 amide bonds. The smallest absolute Gasteiger partial charge is 0.0635 e. The predicted octanol–water partition coefficient (Wildman–Crippen LogP) is 2.17. The molecule has 1 aliphatic carbocycles. The third-order valence-electron chi connectivity index (χ3n) is 4.08. The summed E-state index contributed by atoms with van der Waals surface area (Å²) >= 11 is 0. The van der Waals surface area contributed by atoms with E-state index in [0.29, 0.717) is 17.3 Å². The molecular formula is C11H20N2. The van der Waals surface area contributed by atoms with E-state index in [1.165, 1.54) is 0 Å². The summed E-state index contributed by atoms with van der Waals surface area (Å²) in [6.07, 6.45) is 0.619. The molecule has 0 saturated heterocycles. The minimum Gasteiger partial charge on any atom is -0.315 e. The first-order valence-electron chi connectivity index (χ1n) is 5.02. The highest BCUT2D eigenvalue weighted by atomic mass is 14.9. The van der Waals surface area contributed by atoms with Crippen molar-refractivity contribution in [2.75, 3.05) is 13.1 Å². The van der Waals surface area contributed by atoms with Crippen LogP contribution in [0.1, 0.15) is 34.1 Å². The van der Waals surface area contributed by atoms with Crippen molar-refractivity contribution in [1.29, 1.82) is 5.26 Å². The summed E-state index contributed by atoms with van der Waals surface area (Å²) in [5, 5.41) is 11.7. The number of rotatable bonds is 4. The molecule has 1 saturated carbocycles. The van der Waals surface area contributed by atoms with Crippen molar-refractivity contribution in [2.45, 2.75) is 34.1 Å². The Balaban J connectivity index is 2.23. The average Bonchev–Trinajstić information content (AvgIpc) is 2.39. The van der Waals surface area contributed by atoms with Crippen molar-refractivity contribution in [2.24, 2.45) is 16.7 Å². The molecule has 1 N–H and O–H groups in total. The lowest BCUT2D eigenvalue weighted by Gasteiger charge is -2.04. The van der Waals surface area contributed by atoms with Crippen LogP contribution in [-0.2, 0) is 0 Å². The van der Waals surface area contributed by atoms with E-state index in [0.717, 1.165) is 19.0 Å². The van der Waals surface area contributed by atoms with Gasteiger partial charge in [-0.3, -0.25) is 0 Å². The van der Waals surface area contributed by atoms with Gasteiger partial charge in [-0.1, -0.05) is 27.7 Å². The van der Waals surface area contributed by atoms with Crippen LogP contribution in [0.4, 0.5) is 0 Å². The van der Waals surface area contributed by atoms with Crippen molar-refractivity contribution >= 4 is 0 Å². The number of hydrogen-bond donors (Lipinski definition) is 1. The zero-order chi connectivity index (χ0) is 10.1. The van der Waals surface area contributed by atoms with Crippen molar-refractivity contribution in [3.8, 4) is 6.07 Å². The molecule has 1 aliphatic rings. The fourth-order valence-corrected chi connectivity index (χ4v) is 2.23. The minimum absolute atomic E-state index is 0.465. The molecule has 1 fully saturated rings. The van der Waals surface area contributed by atoms with E-state index in [1.807, 2.05) is 0 Å². The summed E-state index contributed by atoms with van der Waals surface area (Å²) in [4.78, 5) is 0. The summed E-state index contributed by atoms with van der Waals surface area (Å²) in [5.74, 6) is 0.763. The largest absolute Gasteiger partial charge is 0.315 e. The monoisotopic (exact) mass is 180 g/mol. The minimum atomic E-state index is 0.465. The number of nitriles is 1. The zero-order valence-corrected chi connectivity index (χ0v) is 9.15. The standard InChI is InChI=1S/C11H20N2/c1-10(2)9(11(10,3)4)8-13-7-5-6-12/h9,13H,5,7-8H2,1-4H3. The molecular weight excluding hydrogens is 160 g/mol. The third-order valence-corrected chi connectivity index (χ3v) is 4.08. The first kappa shape index (κ1) is 10.5. The molecule has 0 unspecified atom stereocenters. The van der Waals surface area contributed by atoms with Gasteiger partial charge in [0.05, 0.1) is 6.07 Å². The second-order valence-electron chi connectivity index (χ2n) is 5.11. The van der Waals surface area contributed by atoms with E-state index in [9.17, 15) is 0 Å². The van der Waals surface area contributed by atoms with Gasteiger partial charge in [-0.25, -0.2) is 0 Å². The van der Waals surface area contributed by atoms with Gasteiger partial charge in [0, 0.05) is 13.0 Å². The van der Waals surface area contributed by atoms with Gasteiger partial charge >= 0.3 is 0 Å². The molecule has 0 aliphatic heterocycles. The molecule has 13 heavy (non-hydrogen) atoms. The molecule has 0 heterocycles. The Bertz CT molecular complexity index is 209. The van der Waals surface area contributed by atoms with Crippen LogP contribution in [0.2, 0.25) is 0 Å². The van der Waals surface area contributed by atoms with Crippen LogP contribution in [-0.4, -0.2) is 13.1 Å². The lowest BCUT2D eigenvalue weighted by atomic mass is 10.0. The van der Waals surface area contributed by atoms with Gasteiger partial charge in [0.2, 0.25) is 0 Å². The van der Waals surface area contributed by atoms with E-state index in [4.69, 9.17) is 5.26 Å². The Morgan fingerprint density at radius 3 is 2.15 bits per heavy atom. The molecule has 1 rings (SSSR count). The number of nitrogens with one attached hydrogen (secondary N) is 1. The molecule has 0 atom stereocenters. The molecule has 0 aromatic carbocycles. The summed E-state index contributed by atoms with van der Waals surface area (Å²) in [7, 11) is 0. The van der Waals surface area contributed by atoms with E-state index in [2.05, 4.69) is 39.1 Å². The maximum absolute atomic E-state index is 8.36. The van der Waals surface area contributed by atoms with Crippen molar-refractivity contribution in [1.82, 2.24) is 5.32 Å². The van der Waals surface area contributed by atoms with Crippen LogP contribution in [0, 0.1) is 28.1 Å². The van der Waals surface area contributed by atoms with Crippen LogP contribution in [0.3, 0.4) is 0 Å². The highest BCUT2D eigenvalue weighted by molar-refractivity contribution is 5.12. The molecule has 74 valence electrons. The second-order valence-corrected chi connectivity index (χ2v) is 5.11. The fourth-order valence-electron chi connectivity index (χ4n) is 2.23. The Morgan fingerprint density at radius 2 is 1.77 bits per heavy atom. The second kappa shape index (κ2) is 3.31. The zero-order valence-electron chi connectivity index (χ0n) is 9.15. The van der Waals surface area contributed by atoms with E-state index >= 15 is 0 Å². The summed E-state index contributed by atoms with van der Waals surface area (Å²) < 4.78 is 0. The number of hydrogen-bond acceptors (Lipinski definition) is 2. The molecule has 2 heteroatoms. The van der Waals surface area contributed by atoms with Gasteiger partial charge in [-0.15, -0.1) is 0 Å². The normalized spacial score (nSPS) is 23.9. The van der Waals surface area contributed by atoms with Crippen LogP contribution in [0.25, 0.3) is 0 Å². The van der Waals surface area contributed by atoms with Gasteiger partial charge < -0.3 is 5.32 Å². The Morgan fingerprint density at radius 1 is 1.23 bits per heavy atom. The molecule has 0 aromatic heterocycles. The lowest BCUT2D eigenvalue weighted by Crippen LogP contribution is -2.20. The van der Waals surface area contributed by atoms with E-state index < -0.39 is 0 Å². The van der Waals surface area contributed by atoms with Crippen molar-refractivity contribution < 1.29 is 0 Å². The van der Waals surface area contributed by atoms with Gasteiger partial charge in [-0.2, -0.15) is 5.26 Å². The first-order valence-corrected chi connectivity index (χ1v) is 5.02. The molecule has 0 bridgehead atoms. The highest BCUT2D eigenvalue weighted by Crippen LogP contribution is 2.67. The molecule has 2 nitrogen and oxygen atoms in total. The average molecular weight is 180 g/mol. The highest BCUT2D eigenvalue weighted by Gasteiger charge is 2.63. The lowest BCUT2D eigenvalue weighted by molar-refractivity contribution is 0.457. The summed E-state index contributed by atoms with van der Waals surface area (Å²) in [6.45, 7) is 11.2. The predicted molar refractivity (Wildman–Crippen MR) is 54.2 cm³/mol. The number of nitrogens with zero attached hydrogens (tertiary/aromatic N) is 1. The van der Waals surface area contributed by atoms with Crippen LogP contribution in [0.5, 0.6) is 0 Å². The van der Waals surface area contributed by atoms with E-state index in [1.54, 1.807) is 0 Å². The maximum Gasteiger partial charge on any atom is 0.0635 e. The summed E-state index contributed by atoms with van der Waals surface area (Å²) in [5.41, 5.74) is 0.930. The van der Waals surface area contributed by atoms with Crippen LogP contribution in [0.15, 0.2) is 0 Å². The Kier molecular flexibility index (Phi) is 2.68. The third kappa shape index (κ3) is 1.71. The maximum atomic E-state index is 8.36. The molecule has 0 spiro atoms. The topological polar surface area (TPSA) is 35.8 Å². The summed E-state index contributed by atoms with van der Waals surface area (Å²) in [6, 6.07) is 2.14. The first-order chi connectivity index (χ1) is 5.94. The van der Waals surface area contributed by atoms with Gasteiger partial charge in [-0.05, 0) is 23.3 Å². The van der Waals surface area contributed by atoms with Crippen molar-refractivity contribution in [3.63, 3.8) is 0 Å². The van der Waals surface area contributed by atoms with Crippen LogP contribution >= 0.6 is 0 Å². The van der Waals surface area contributed by atoms with Crippen molar-refractivity contribution in [3.05, 3.63) is 0 Å². The SMILES string of the molecule is CC1(C)C(CNCCC#N)C1(C)C.